The molecule has 7 nitrogen and oxygen atoms in total. The summed E-state index contributed by atoms with van der Waals surface area (Å²) < 4.78 is 12.0. The molecule has 1 N–H and O–H groups in total. The molecule has 0 aliphatic heterocycles. The van der Waals surface area contributed by atoms with E-state index in [2.05, 4.69) is 15.4 Å². The van der Waals surface area contributed by atoms with E-state index in [1.807, 2.05) is 43.3 Å². The Morgan fingerprint density at radius 1 is 1.14 bits per heavy atom. The van der Waals surface area contributed by atoms with E-state index < -0.39 is 0 Å². The first-order chi connectivity index (χ1) is 13.5. The Morgan fingerprint density at radius 2 is 1.93 bits per heavy atom. The maximum Gasteiger partial charge on any atom is 0.276 e. The van der Waals surface area contributed by atoms with Gasteiger partial charge in [0.25, 0.3) is 5.91 Å². The summed E-state index contributed by atoms with van der Waals surface area (Å²) >= 11 is 0. The molecule has 3 aromatic rings. The van der Waals surface area contributed by atoms with Crippen LogP contribution < -0.4 is 14.8 Å². The van der Waals surface area contributed by atoms with Gasteiger partial charge in [0.1, 0.15) is 5.69 Å². The van der Waals surface area contributed by atoms with Crippen molar-refractivity contribution in [3.8, 4) is 11.5 Å². The summed E-state index contributed by atoms with van der Waals surface area (Å²) in [5.74, 6) is 0.972. The van der Waals surface area contributed by atoms with Crippen LogP contribution in [0.1, 0.15) is 21.6 Å². The third-order valence-electron chi connectivity index (χ3n) is 4.17. The highest BCUT2D eigenvalue weighted by molar-refractivity contribution is 6.06. The summed E-state index contributed by atoms with van der Waals surface area (Å²) in [4.78, 5) is 17.2. The second kappa shape index (κ2) is 8.39. The number of rotatable bonds is 6. The molecule has 0 fully saturated rings. The molecule has 0 radical (unpaired) electrons. The van der Waals surface area contributed by atoms with Crippen LogP contribution in [0.3, 0.4) is 0 Å². The Balaban J connectivity index is 1.84. The molecule has 7 heteroatoms. The number of anilines is 1. The summed E-state index contributed by atoms with van der Waals surface area (Å²) in [6.45, 7) is 1.97. The van der Waals surface area contributed by atoms with E-state index in [4.69, 9.17) is 9.47 Å². The molecular weight excluding hydrogens is 356 g/mol. The zero-order chi connectivity index (χ0) is 20.1. The van der Waals surface area contributed by atoms with Crippen molar-refractivity contribution < 1.29 is 14.3 Å². The normalized spacial score (nSPS) is 10.9. The minimum Gasteiger partial charge on any atom is -0.493 e. The fourth-order valence-corrected chi connectivity index (χ4v) is 2.77. The van der Waals surface area contributed by atoms with Gasteiger partial charge in [-0.2, -0.15) is 5.10 Å². The molecule has 1 aromatic heterocycles. The quantitative estimate of drug-likeness (QED) is 0.663. The number of carbonyl (C=O) groups is 1. The third kappa shape index (κ3) is 4.20. The number of aryl methyl sites for hydroxylation is 2. The first kappa shape index (κ1) is 19.2. The molecule has 28 heavy (non-hydrogen) atoms. The molecule has 1 heterocycles. The number of amides is 1. The molecule has 3 rings (SSSR count). The van der Waals surface area contributed by atoms with Crippen LogP contribution in [0.4, 0.5) is 11.4 Å². The maximum absolute atomic E-state index is 12.7. The largest absolute Gasteiger partial charge is 0.493 e. The van der Waals surface area contributed by atoms with E-state index in [-0.39, 0.29) is 5.91 Å². The van der Waals surface area contributed by atoms with E-state index in [0.29, 0.717) is 22.9 Å². The van der Waals surface area contributed by atoms with E-state index in [0.717, 1.165) is 16.8 Å². The number of ether oxygens (including phenoxy) is 2. The summed E-state index contributed by atoms with van der Waals surface area (Å²) in [6.07, 6.45) is 3.21. The number of aromatic nitrogens is 2. The second-order valence-corrected chi connectivity index (χ2v) is 6.20. The average molecular weight is 378 g/mol. The summed E-state index contributed by atoms with van der Waals surface area (Å²) in [5.41, 5.74) is 3.45. The molecule has 0 aliphatic rings. The van der Waals surface area contributed by atoms with Crippen LogP contribution in [0.2, 0.25) is 0 Å². The molecule has 0 bridgehead atoms. The van der Waals surface area contributed by atoms with Crippen molar-refractivity contribution in [3.63, 3.8) is 0 Å². The lowest BCUT2D eigenvalue weighted by atomic mass is 10.2. The molecule has 0 saturated heterocycles. The molecule has 0 unspecified atom stereocenters. The van der Waals surface area contributed by atoms with Crippen LogP contribution in [0.15, 0.2) is 53.7 Å². The van der Waals surface area contributed by atoms with Gasteiger partial charge in [-0.25, -0.2) is 0 Å². The number of hydrogen-bond donors (Lipinski definition) is 1. The lowest BCUT2D eigenvalue weighted by Gasteiger charge is -2.08. The second-order valence-electron chi connectivity index (χ2n) is 6.20. The molecular formula is C21H22N4O3. The third-order valence-corrected chi connectivity index (χ3v) is 4.17. The van der Waals surface area contributed by atoms with Crippen LogP contribution in [0.25, 0.3) is 0 Å². The zero-order valence-electron chi connectivity index (χ0n) is 16.3. The maximum atomic E-state index is 12.7. The van der Waals surface area contributed by atoms with Gasteiger partial charge < -0.3 is 14.8 Å². The van der Waals surface area contributed by atoms with Crippen molar-refractivity contribution in [1.82, 2.24) is 9.78 Å². The predicted molar refractivity (Wildman–Crippen MR) is 109 cm³/mol. The number of methoxy groups -OCH3 is 2. The van der Waals surface area contributed by atoms with Crippen LogP contribution in [0, 0.1) is 6.92 Å². The molecule has 0 aliphatic carbocycles. The Morgan fingerprint density at radius 3 is 2.64 bits per heavy atom. The Bertz CT molecular complexity index is 1020. The first-order valence-electron chi connectivity index (χ1n) is 8.68. The smallest absolute Gasteiger partial charge is 0.276 e. The fraction of sp³-hybridized carbons (Fsp3) is 0.190. The molecule has 2 aromatic carbocycles. The number of nitrogens with one attached hydrogen (secondary N) is 1. The predicted octanol–water partition coefficient (Wildman–Crippen LogP) is 3.75. The van der Waals surface area contributed by atoms with Crippen LogP contribution in [0.5, 0.6) is 11.5 Å². The molecule has 1 amide bonds. The number of nitrogens with zero attached hydrogens (tertiary/aromatic N) is 3. The van der Waals surface area contributed by atoms with E-state index >= 15 is 0 Å². The number of aliphatic imine (C=N–C) groups is 1. The van der Waals surface area contributed by atoms with E-state index in [1.165, 1.54) is 4.68 Å². The number of hydrogen-bond acceptors (Lipinski definition) is 5. The lowest BCUT2D eigenvalue weighted by Crippen LogP contribution is -2.16. The Hall–Kier alpha value is -3.61. The van der Waals surface area contributed by atoms with Gasteiger partial charge in [-0.05, 0) is 48.4 Å². The monoisotopic (exact) mass is 378 g/mol. The van der Waals surface area contributed by atoms with Crippen LogP contribution in [-0.2, 0) is 7.05 Å². The van der Waals surface area contributed by atoms with Crippen molar-refractivity contribution >= 4 is 23.5 Å². The SMILES string of the molecule is COc1ccc(C=Nc2cnn(C)c2C(=O)Nc2cccc(C)c2)cc1OC. The molecule has 144 valence electrons. The first-order valence-corrected chi connectivity index (χ1v) is 8.68. The zero-order valence-corrected chi connectivity index (χ0v) is 16.3. The summed E-state index contributed by atoms with van der Waals surface area (Å²) in [5, 5.41) is 7.06. The van der Waals surface area contributed by atoms with Crippen LogP contribution in [-0.4, -0.2) is 36.1 Å². The van der Waals surface area contributed by atoms with Gasteiger partial charge in [0, 0.05) is 18.9 Å². The molecule has 0 saturated carbocycles. The van der Waals surface area contributed by atoms with Gasteiger partial charge in [0.15, 0.2) is 17.2 Å². The van der Waals surface area contributed by atoms with E-state index in [1.54, 1.807) is 39.7 Å². The highest BCUT2D eigenvalue weighted by Crippen LogP contribution is 2.27. The minimum absolute atomic E-state index is 0.273. The van der Waals surface area contributed by atoms with Gasteiger partial charge in [0.2, 0.25) is 0 Å². The van der Waals surface area contributed by atoms with Crippen molar-refractivity contribution in [3.05, 3.63) is 65.5 Å². The molecule has 0 spiro atoms. The standard InChI is InChI=1S/C21H22N4O3/c1-14-6-5-7-16(10-14)24-21(26)20-17(13-23-25(20)2)22-12-15-8-9-18(27-3)19(11-15)28-4/h5-13H,1-4H3,(H,24,26). The van der Waals surface area contributed by atoms with Crippen molar-refractivity contribution in [2.24, 2.45) is 12.0 Å². The van der Waals surface area contributed by atoms with Crippen molar-refractivity contribution in [2.45, 2.75) is 6.92 Å². The summed E-state index contributed by atoms with van der Waals surface area (Å²) in [6, 6.07) is 13.1. The minimum atomic E-state index is -0.273. The highest BCUT2D eigenvalue weighted by Gasteiger charge is 2.16. The van der Waals surface area contributed by atoms with Gasteiger partial charge in [0.05, 0.1) is 20.4 Å². The van der Waals surface area contributed by atoms with Crippen molar-refractivity contribution in [2.75, 3.05) is 19.5 Å². The van der Waals surface area contributed by atoms with Gasteiger partial charge in [-0.1, -0.05) is 12.1 Å². The fourth-order valence-electron chi connectivity index (χ4n) is 2.77. The Kier molecular flexibility index (Phi) is 5.74. The topological polar surface area (TPSA) is 77.7 Å². The average Bonchev–Trinajstić information content (AvgIpc) is 3.06. The number of carbonyl (C=O) groups excluding carboxylic acids is 1. The summed E-state index contributed by atoms with van der Waals surface area (Å²) in [7, 11) is 4.87. The van der Waals surface area contributed by atoms with Gasteiger partial charge in [-0.3, -0.25) is 14.5 Å². The number of benzene rings is 2. The highest BCUT2D eigenvalue weighted by atomic mass is 16.5. The Labute approximate surface area is 163 Å². The van der Waals surface area contributed by atoms with Gasteiger partial charge >= 0.3 is 0 Å². The lowest BCUT2D eigenvalue weighted by molar-refractivity contribution is 0.101. The molecule has 0 atom stereocenters. The van der Waals surface area contributed by atoms with Crippen molar-refractivity contribution in [1.29, 1.82) is 0 Å². The van der Waals surface area contributed by atoms with Gasteiger partial charge in [-0.15, -0.1) is 0 Å². The van der Waals surface area contributed by atoms with Crippen LogP contribution >= 0.6 is 0 Å². The van der Waals surface area contributed by atoms with E-state index in [9.17, 15) is 4.79 Å².